The van der Waals surface area contributed by atoms with Crippen molar-refractivity contribution in [2.45, 2.75) is 32.0 Å². The summed E-state index contributed by atoms with van der Waals surface area (Å²) in [5.74, 6) is -6.28. The third kappa shape index (κ3) is 5.78. The number of nitriles is 1. The average molecular weight is 593 g/mol. The van der Waals surface area contributed by atoms with Gasteiger partial charge in [0, 0.05) is 25.2 Å². The minimum absolute atomic E-state index is 0.0323. The predicted octanol–water partition coefficient (Wildman–Crippen LogP) is 4.18. The van der Waals surface area contributed by atoms with Crippen LogP contribution in [0.5, 0.6) is 0 Å². The molecule has 0 atom stereocenters. The third-order valence-corrected chi connectivity index (χ3v) is 6.23. The number of aromatic nitrogens is 6. The molecule has 0 bridgehead atoms. The van der Waals surface area contributed by atoms with Gasteiger partial charge in [-0.1, -0.05) is 16.8 Å². The number of carbonyl (C=O) groups is 2. The highest BCUT2D eigenvalue weighted by molar-refractivity contribution is 6.32. The van der Waals surface area contributed by atoms with Crippen molar-refractivity contribution in [1.29, 1.82) is 5.26 Å². The van der Waals surface area contributed by atoms with Crippen LogP contribution in [0.1, 0.15) is 48.9 Å². The Morgan fingerprint density at radius 3 is 2.54 bits per heavy atom. The molecular formula is C25H18ClF5N8O2. The van der Waals surface area contributed by atoms with Gasteiger partial charge in [-0.3, -0.25) is 9.59 Å². The van der Waals surface area contributed by atoms with Gasteiger partial charge in [0.05, 0.1) is 35.1 Å². The summed E-state index contributed by atoms with van der Waals surface area (Å²) >= 11 is 6.27. The Morgan fingerprint density at radius 2 is 1.90 bits per heavy atom. The summed E-state index contributed by atoms with van der Waals surface area (Å²) in [5, 5.41) is 22.4. The van der Waals surface area contributed by atoms with Crippen LogP contribution in [0.15, 0.2) is 42.7 Å². The molecule has 0 spiro atoms. The largest absolute Gasteiger partial charge is 0.459 e. The molecule has 0 aliphatic rings. The van der Waals surface area contributed by atoms with Crippen LogP contribution in [0.2, 0.25) is 5.02 Å². The number of pyridine rings is 1. The molecular weight excluding hydrogens is 575 g/mol. The number of amides is 1. The van der Waals surface area contributed by atoms with Gasteiger partial charge in [-0.25, -0.2) is 14.3 Å². The first-order valence-corrected chi connectivity index (χ1v) is 12.0. The normalized spacial score (nSPS) is 11.8. The first-order chi connectivity index (χ1) is 19.3. The monoisotopic (exact) mass is 592 g/mol. The fourth-order valence-electron chi connectivity index (χ4n) is 3.94. The SMILES string of the molecule is CNC(=O)c1cc(C#N)cc(C)c1CC(=O)c1cc(Cn2cc(C(F)(F)C(F)(F)F)nn2)nn1-c1ncccc1Cl. The standard InChI is InChI=1S/C25H18ClF5N8O2/c1-13-6-14(10-32)7-17(23(41)33-2)16(13)9-20(40)19-8-15(36-39(19)22-18(26)4-3-5-34-22)11-38-12-21(35-37-38)24(27,28)25(29,30)31/h3-8,12H,9,11H2,1-2H3,(H,33,41). The Bertz CT molecular complexity index is 1690. The first-order valence-electron chi connectivity index (χ1n) is 11.6. The number of ketones is 1. The van der Waals surface area contributed by atoms with Gasteiger partial charge in [-0.15, -0.1) is 5.10 Å². The van der Waals surface area contributed by atoms with Crippen LogP contribution in [0.25, 0.3) is 5.82 Å². The van der Waals surface area contributed by atoms with Crippen LogP contribution in [0.4, 0.5) is 22.0 Å². The van der Waals surface area contributed by atoms with E-state index in [0.717, 1.165) is 4.68 Å². The van der Waals surface area contributed by atoms with Crippen molar-refractivity contribution in [3.05, 3.63) is 87.1 Å². The van der Waals surface area contributed by atoms with Crippen molar-refractivity contribution in [3.63, 3.8) is 0 Å². The molecule has 0 unspecified atom stereocenters. The van der Waals surface area contributed by atoms with E-state index in [0.29, 0.717) is 22.0 Å². The molecule has 1 N–H and O–H groups in total. The molecule has 0 saturated carbocycles. The lowest BCUT2D eigenvalue weighted by Crippen LogP contribution is -2.34. The van der Waals surface area contributed by atoms with Gasteiger partial charge in [0.1, 0.15) is 5.69 Å². The summed E-state index contributed by atoms with van der Waals surface area (Å²) in [6, 6.07) is 9.12. The highest BCUT2D eigenvalue weighted by atomic mass is 35.5. The number of nitrogens with zero attached hydrogens (tertiary/aromatic N) is 7. The highest BCUT2D eigenvalue weighted by Crippen LogP contribution is 2.42. The second kappa shape index (κ2) is 11.0. The molecule has 3 heterocycles. The summed E-state index contributed by atoms with van der Waals surface area (Å²) in [4.78, 5) is 30.3. The lowest BCUT2D eigenvalue weighted by Gasteiger charge is -2.16. The van der Waals surface area contributed by atoms with Crippen LogP contribution < -0.4 is 5.32 Å². The predicted molar refractivity (Wildman–Crippen MR) is 133 cm³/mol. The summed E-state index contributed by atoms with van der Waals surface area (Å²) in [6.07, 6.45) is -4.38. The second-order valence-corrected chi connectivity index (χ2v) is 9.13. The molecule has 4 aromatic rings. The third-order valence-electron chi connectivity index (χ3n) is 5.94. The maximum atomic E-state index is 13.7. The number of halogens is 6. The molecule has 0 radical (unpaired) electrons. The number of rotatable bonds is 8. The molecule has 16 heteroatoms. The maximum Gasteiger partial charge on any atom is 0.459 e. The summed E-state index contributed by atoms with van der Waals surface area (Å²) in [5.41, 5.74) is -0.484. The van der Waals surface area contributed by atoms with Crippen molar-refractivity contribution in [2.24, 2.45) is 0 Å². The number of nitrogens with one attached hydrogen (secondary N) is 1. The molecule has 1 aromatic carbocycles. The summed E-state index contributed by atoms with van der Waals surface area (Å²) in [7, 11) is 1.40. The van der Waals surface area contributed by atoms with E-state index in [1.807, 2.05) is 6.07 Å². The highest BCUT2D eigenvalue weighted by Gasteiger charge is 2.60. The van der Waals surface area contributed by atoms with E-state index in [1.54, 1.807) is 6.92 Å². The van der Waals surface area contributed by atoms with Crippen LogP contribution >= 0.6 is 11.6 Å². The number of alkyl halides is 5. The number of hydrogen-bond donors (Lipinski definition) is 1. The number of Topliss-reactive ketones (excluding diaryl/α,β-unsaturated/α-hetero) is 1. The quantitative estimate of drug-likeness (QED) is 0.240. The van der Waals surface area contributed by atoms with E-state index >= 15 is 0 Å². The van der Waals surface area contributed by atoms with Crippen molar-refractivity contribution in [2.75, 3.05) is 7.05 Å². The Labute approximate surface area is 233 Å². The molecule has 0 aliphatic carbocycles. The minimum atomic E-state index is -5.87. The second-order valence-electron chi connectivity index (χ2n) is 8.73. The van der Waals surface area contributed by atoms with Gasteiger partial charge in [-0.05, 0) is 48.4 Å². The number of carbonyl (C=O) groups excluding carboxylic acids is 2. The van der Waals surface area contributed by atoms with E-state index in [-0.39, 0.29) is 39.8 Å². The summed E-state index contributed by atoms with van der Waals surface area (Å²) < 4.78 is 67.4. The van der Waals surface area contributed by atoms with Gasteiger partial charge in [-0.2, -0.15) is 32.3 Å². The van der Waals surface area contributed by atoms with Crippen LogP contribution in [-0.4, -0.2) is 54.7 Å². The minimum Gasteiger partial charge on any atom is -0.355 e. The van der Waals surface area contributed by atoms with E-state index in [2.05, 4.69) is 25.7 Å². The number of aryl methyl sites for hydroxylation is 1. The lowest BCUT2D eigenvalue weighted by molar-refractivity contribution is -0.291. The smallest absolute Gasteiger partial charge is 0.355 e. The summed E-state index contributed by atoms with van der Waals surface area (Å²) in [6.45, 7) is 1.20. The van der Waals surface area contributed by atoms with Gasteiger partial charge in [0.2, 0.25) is 0 Å². The molecule has 4 rings (SSSR count). The average Bonchev–Trinajstić information content (AvgIpc) is 3.56. The molecule has 0 saturated heterocycles. The fourth-order valence-corrected chi connectivity index (χ4v) is 4.14. The zero-order valence-electron chi connectivity index (χ0n) is 21.2. The van der Waals surface area contributed by atoms with Gasteiger partial charge in [0.25, 0.3) is 5.91 Å². The first kappa shape index (κ1) is 29.3. The maximum absolute atomic E-state index is 13.7. The molecule has 212 valence electrons. The van der Waals surface area contributed by atoms with Gasteiger partial charge >= 0.3 is 12.1 Å². The molecule has 3 aromatic heterocycles. The van der Waals surface area contributed by atoms with Crippen molar-refractivity contribution >= 4 is 23.3 Å². The molecule has 0 aliphatic heterocycles. The van der Waals surface area contributed by atoms with Gasteiger partial charge in [0.15, 0.2) is 17.3 Å². The molecule has 1 amide bonds. The zero-order chi connectivity index (χ0) is 30.1. The zero-order valence-corrected chi connectivity index (χ0v) is 21.9. The van der Waals surface area contributed by atoms with E-state index in [9.17, 15) is 36.8 Å². The number of hydrogen-bond acceptors (Lipinski definition) is 7. The van der Waals surface area contributed by atoms with Crippen LogP contribution in [-0.2, 0) is 18.9 Å². The number of benzene rings is 1. The lowest BCUT2D eigenvalue weighted by atomic mass is 9.93. The van der Waals surface area contributed by atoms with Gasteiger partial charge < -0.3 is 5.32 Å². The van der Waals surface area contributed by atoms with Crippen molar-refractivity contribution < 1.29 is 31.5 Å². The Hall–Kier alpha value is -4.71. The van der Waals surface area contributed by atoms with Crippen molar-refractivity contribution in [3.8, 4) is 11.9 Å². The Kier molecular flexibility index (Phi) is 7.89. The Morgan fingerprint density at radius 1 is 1.17 bits per heavy atom. The van der Waals surface area contributed by atoms with Crippen LogP contribution in [0.3, 0.4) is 0 Å². The van der Waals surface area contributed by atoms with E-state index in [1.165, 1.54) is 43.6 Å². The molecule has 0 fully saturated rings. The Balaban J connectivity index is 1.75. The topological polar surface area (TPSA) is 131 Å². The molecule has 10 nitrogen and oxygen atoms in total. The van der Waals surface area contributed by atoms with Crippen molar-refractivity contribution in [1.82, 2.24) is 35.1 Å². The fraction of sp³-hybridized carbons (Fsp3) is 0.240. The van der Waals surface area contributed by atoms with E-state index in [4.69, 9.17) is 11.6 Å². The van der Waals surface area contributed by atoms with Crippen LogP contribution in [0, 0.1) is 18.3 Å². The van der Waals surface area contributed by atoms with E-state index < -0.39 is 36.0 Å². The molecule has 41 heavy (non-hydrogen) atoms.